The molecule has 2 aliphatic rings. The van der Waals surface area contributed by atoms with Crippen molar-refractivity contribution >= 4 is 12.1 Å². The Kier molecular flexibility index (Phi) is 4.48. The van der Waals surface area contributed by atoms with Crippen LogP contribution in [-0.2, 0) is 11.2 Å². The number of phenols is 1. The Morgan fingerprint density at radius 3 is 2.84 bits per heavy atom. The molecule has 2 atom stereocenters. The van der Waals surface area contributed by atoms with Gasteiger partial charge in [-0.25, -0.2) is 0 Å². The third kappa shape index (κ3) is 3.35. The van der Waals surface area contributed by atoms with Gasteiger partial charge in [0.2, 0.25) is 0 Å². The molecular weight excluding hydrogens is 316 g/mol. The van der Waals surface area contributed by atoms with Crippen molar-refractivity contribution in [2.24, 2.45) is 5.92 Å². The molecule has 0 heterocycles. The Morgan fingerprint density at radius 2 is 2.12 bits per heavy atom. The zero-order valence-corrected chi connectivity index (χ0v) is 14.5. The minimum absolute atomic E-state index is 0.0203. The summed E-state index contributed by atoms with van der Waals surface area (Å²) < 4.78 is 0. The van der Waals surface area contributed by atoms with Crippen LogP contribution in [-0.4, -0.2) is 27.9 Å². The molecule has 2 aliphatic carbocycles. The smallest absolute Gasteiger partial charge is 0.177 e. The summed E-state index contributed by atoms with van der Waals surface area (Å²) in [4.78, 5) is 23.6. The van der Waals surface area contributed by atoms with Crippen molar-refractivity contribution < 1.29 is 19.8 Å². The van der Waals surface area contributed by atoms with Crippen LogP contribution in [0.1, 0.15) is 42.6 Å². The van der Waals surface area contributed by atoms with Crippen LogP contribution in [0, 0.1) is 5.92 Å². The standard InChI is InChI=1S/C21H22O4/c1-13-16(12-21(2,25)8-9-22)7-6-15-11-17(13)10-14-4-3-5-18(23)19(14)20(15)24/h3-7,9,11,15,23,25H,8,10,12H2,1-2H3. The summed E-state index contributed by atoms with van der Waals surface area (Å²) in [5.74, 6) is -0.534. The summed E-state index contributed by atoms with van der Waals surface area (Å²) in [5.41, 5.74) is 3.05. The predicted molar refractivity (Wildman–Crippen MR) is 95.5 cm³/mol. The predicted octanol–water partition coefficient (Wildman–Crippen LogP) is 3.29. The van der Waals surface area contributed by atoms with Gasteiger partial charge in [-0.1, -0.05) is 30.4 Å². The van der Waals surface area contributed by atoms with Gasteiger partial charge in [-0.05, 0) is 48.6 Å². The highest BCUT2D eigenvalue weighted by molar-refractivity contribution is 6.04. The van der Waals surface area contributed by atoms with Crippen LogP contribution in [0.5, 0.6) is 5.75 Å². The zero-order valence-electron chi connectivity index (χ0n) is 14.5. The summed E-state index contributed by atoms with van der Waals surface area (Å²) >= 11 is 0. The van der Waals surface area contributed by atoms with E-state index in [0.29, 0.717) is 18.4 Å². The zero-order chi connectivity index (χ0) is 18.2. The lowest BCUT2D eigenvalue weighted by Crippen LogP contribution is -2.25. The molecule has 0 amide bonds. The Hall–Kier alpha value is -2.46. The molecule has 0 spiro atoms. The number of fused-ring (bicyclic) bond motifs is 2. The molecular formula is C21H22O4. The number of hydrogen-bond donors (Lipinski definition) is 2. The normalized spacial score (nSPS) is 21.8. The van der Waals surface area contributed by atoms with Gasteiger partial charge in [0.05, 0.1) is 17.1 Å². The monoisotopic (exact) mass is 338 g/mol. The molecule has 1 aromatic rings. The first-order valence-electron chi connectivity index (χ1n) is 8.42. The van der Waals surface area contributed by atoms with Gasteiger partial charge in [-0.15, -0.1) is 0 Å². The van der Waals surface area contributed by atoms with Gasteiger partial charge < -0.3 is 15.0 Å². The molecule has 4 heteroatoms. The van der Waals surface area contributed by atoms with E-state index in [1.165, 1.54) is 0 Å². The number of phenolic OH excluding ortho intramolecular Hbond substituents is 1. The number of carbonyl (C=O) groups excluding carboxylic acids is 2. The van der Waals surface area contributed by atoms with Crippen molar-refractivity contribution in [3.05, 3.63) is 64.3 Å². The minimum atomic E-state index is -1.11. The number of hydrogen-bond acceptors (Lipinski definition) is 4. The van der Waals surface area contributed by atoms with Crippen LogP contribution in [0.3, 0.4) is 0 Å². The first kappa shape index (κ1) is 17.4. The van der Waals surface area contributed by atoms with Gasteiger partial charge in [0.1, 0.15) is 12.0 Å². The largest absolute Gasteiger partial charge is 0.507 e. The third-order valence-electron chi connectivity index (χ3n) is 5.00. The number of ketones is 1. The maximum Gasteiger partial charge on any atom is 0.177 e. The summed E-state index contributed by atoms with van der Waals surface area (Å²) in [6.07, 6.45) is 7.31. The second-order valence-corrected chi connectivity index (χ2v) is 7.12. The number of allylic oxidation sites excluding steroid dienone is 5. The van der Waals surface area contributed by atoms with Gasteiger partial charge in [0, 0.05) is 12.8 Å². The third-order valence-corrected chi connectivity index (χ3v) is 5.00. The Bertz CT molecular complexity index is 824. The molecule has 3 rings (SSSR count). The van der Waals surface area contributed by atoms with Crippen molar-refractivity contribution in [1.29, 1.82) is 0 Å². The van der Waals surface area contributed by atoms with Gasteiger partial charge in [0.25, 0.3) is 0 Å². The lowest BCUT2D eigenvalue weighted by Gasteiger charge is -2.23. The molecule has 0 saturated heterocycles. The van der Waals surface area contributed by atoms with Crippen molar-refractivity contribution in [2.45, 2.75) is 38.7 Å². The van der Waals surface area contributed by atoms with Crippen LogP contribution < -0.4 is 0 Å². The average Bonchev–Trinajstić information content (AvgIpc) is 2.77. The van der Waals surface area contributed by atoms with Crippen LogP contribution in [0.4, 0.5) is 0 Å². The maximum absolute atomic E-state index is 12.9. The fraction of sp³-hybridized carbons (Fsp3) is 0.333. The van der Waals surface area contributed by atoms with Crippen molar-refractivity contribution in [2.75, 3.05) is 0 Å². The van der Waals surface area contributed by atoms with Gasteiger partial charge >= 0.3 is 0 Å². The first-order chi connectivity index (χ1) is 11.8. The highest BCUT2D eigenvalue weighted by Crippen LogP contribution is 2.37. The Balaban J connectivity index is 2.04. The second kappa shape index (κ2) is 6.45. The SMILES string of the molecule is CC1=C(CC(C)(O)CC=O)C=CC2C=C1Cc1cccc(O)c1C2=O. The molecule has 2 bridgehead atoms. The minimum Gasteiger partial charge on any atom is -0.507 e. The summed E-state index contributed by atoms with van der Waals surface area (Å²) in [5, 5.41) is 20.5. The topological polar surface area (TPSA) is 74.6 Å². The van der Waals surface area contributed by atoms with E-state index in [-0.39, 0.29) is 18.0 Å². The lowest BCUT2D eigenvalue weighted by atomic mass is 9.87. The lowest BCUT2D eigenvalue weighted by molar-refractivity contribution is -0.111. The van der Waals surface area contributed by atoms with Crippen LogP contribution >= 0.6 is 0 Å². The van der Waals surface area contributed by atoms with E-state index < -0.39 is 11.5 Å². The summed E-state index contributed by atoms with van der Waals surface area (Å²) in [6.45, 7) is 3.62. The van der Waals surface area contributed by atoms with Crippen molar-refractivity contribution in [1.82, 2.24) is 0 Å². The fourth-order valence-corrected chi connectivity index (χ4v) is 3.55. The number of carbonyl (C=O) groups is 2. The Labute approximate surface area is 147 Å². The first-order valence-corrected chi connectivity index (χ1v) is 8.42. The molecule has 0 saturated carbocycles. The number of benzene rings is 1. The Morgan fingerprint density at radius 1 is 1.36 bits per heavy atom. The summed E-state index contributed by atoms with van der Waals surface area (Å²) in [7, 11) is 0. The average molecular weight is 338 g/mol. The van der Waals surface area contributed by atoms with E-state index in [9.17, 15) is 19.8 Å². The maximum atomic E-state index is 12.9. The number of aromatic hydroxyl groups is 1. The molecule has 0 radical (unpaired) electrons. The quantitative estimate of drug-likeness (QED) is 0.826. The van der Waals surface area contributed by atoms with E-state index in [2.05, 4.69) is 0 Å². The molecule has 1 aromatic carbocycles. The van der Waals surface area contributed by atoms with Gasteiger partial charge in [0.15, 0.2) is 5.78 Å². The van der Waals surface area contributed by atoms with E-state index in [0.717, 1.165) is 28.6 Å². The molecule has 2 N–H and O–H groups in total. The molecule has 0 fully saturated rings. The molecule has 2 unspecified atom stereocenters. The van der Waals surface area contributed by atoms with Crippen molar-refractivity contribution in [3.63, 3.8) is 0 Å². The molecule has 130 valence electrons. The van der Waals surface area contributed by atoms with Gasteiger partial charge in [-0.3, -0.25) is 4.79 Å². The highest BCUT2D eigenvalue weighted by atomic mass is 16.3. The number of rotatable bonds is 4. The van der Waals surface area contributed by atoms with E-state index in [1.807, 2.05) is 31.2 Å². The van der Waals surface area contributed by atoms with Crippen molar-refractivity contribution in [3.8, 4) is 5.75 Å². The molecule has 25 heavy (non-hydrogen) atoms. The van der Waals surface area contributed by atoms with Crippen LogP contribution in [0.2, 0.25) is 0 Å². The number of aliphatic hydroxyl groups is 1. The number of aldehydes is 1. The van der Waals surface area contributed by atoms with E-state index in [1.54, 1.807) is 19.1 Å². The molecule has 4 nitrogen and oxygen atoms in total. The fourth-order valence-electron chi connectivity index (χ4n) is 3.55. The summed E-state index contributed by atoms with van der Waals surface area (Å²) in [6, 6.07) is 5.15. The van der Waals surface area contributed by atoms with E-state index in [4.69, 9.17) is 0 Å². The van der Waals surface area contributed by atoms with Crippen LogP contribution in [0.15, 0.2) is 53.1 Å². The molecule has 0 aromatic heterocycles. The second-order valence-electron chi connectivity index (χ2n) is 7.12. The van der Waals surface area contributed by atoms with Crippen LogP contribution in [0.25, 0.3) is 0 Å². The van der Waals surface area contributed by atoms with E-state index >= 15 is 0 Å². The van der Waals surface area contributed by atoms with Gasteiger partial charge in [-0.2, -0.15) is 0 Å². The molecule has 0 aliphatic heterocycles. The number of Topliss-reactive ketones (excluding diaryl/α,β-unsaturated/α-hetero) is 1. The highest BCUT2D eigenvalue weighted by Gasteiger charge is 2.30.